The molecule has 0 aliphatic heterocycles. The van der Waals surface area contributed by atoms with E-state index >= 15 is 0 Å². The maximum atomic E-state index is 12.3. The van der Waals surface area contributed by atoms with Gasteiger partial charge >= 0.3 is 11.9 Å². The highest BCUT2D eigenvalue weighted by Crippen LogP contribution is 2.38. The summed E-state index contributed by atoms with van der Waals surface area (Å²) in [5.74, 6) is 0.506. The van der Waals surface area contributed by atoms with Gasteiger partial charge in [-0.2, -0.15) is 0 Å². The van der Waals surface area contributed by atoms with Crippen LogP contribution in [0.4, 0.5) is 0 Å². The van der Waals surface area contributed by atoms with E-state index in [2.05, 4.69) is 32.6 Å². The fourth-order valence-corrected chi connectivity index (χ4v) is 3.04. The van der Waals surface area contributed by atoms with Crippen molar-refractivity contribution in [1.29, 1.82) is 0 Å². The molecule has 0 saturated heterocycles. The second-order valence-corrected chi connectivity index (χ2v) is 7.44. The summed E-state index contributed by atoms with van der Waals surface area (Å²) < 4.78 is 10.4. The molecule has 0 aromatic carbocycles. The highest BCUT2D eigenvalue weighted by atomic mass is 16.6. The Labute approximate surface area is 152 Å². The zero-order valence-corrected chi connectivity index (χ0v) is 16.2. The highest BCUT2D eigenvalue weighted by Gasteiger charge is 2.37. The summed E-state index contributed by atoms with van der Waals surface area (Å²) in [6.07, 6.45) is 9.87. The quantitative estimate of drug-likeness (QED) is 0.329. The first kappa shape index (κ1) is 21.5. The van der Waals surface area contributed by atoms with Gasteiger partial charge < -0.3 is 9.47 Å². The SMILES string of the molecule is C=CC1CC(/C=C/CC(C)C)CC1C(=O)OCCOC(=O)C(C)CC. The lowest BCUT2D eigenvalue weighted by molar-refractivity contribution is -0.157. The summed E-state index contributed by atoms with van der Waals surface area (Å²) in [5, 5.41) is 0. The minimum absolute atomic E-state index is 0.117. The Bertz CT molecular complexity index is 467. The van der Waals surface area contributed by atoms with Crippen molar-refractivity contribution in [2.75, 3.05) is 13.2 Å². The molecular formula is C21H34O4. The lowest BCUT2D eigenvalue weighted by Crippen LogP contribution is -2.23. The fraction of sp³-hybridized carbons (Fsp3) is 0.714. The molecule has 0 aromatic rings. The smallest absolute Gasteiger partial charge is 0.309 e. The molecule has 0 bridgehead atoms. The van der Waals surface area contributed by atoms with Crippen molar-refractivity contribution in [1.82, 2.24) is 0 Å². The van der Waals surface area contributed by atoms with E-state index in [1.54, 1.807) is 0 Å². The number of carbonyl (C=O) groups is 2. The van der Waals surface area contributed by atoms with Gasteiger partial charge in [0, 0.05) is 0 Å². The van der Waals surface area contributed by atoms with E-state index in [4.69, 9.17) is 9.47 Å². The molecule has 4 heteroatoms. The van der Waals surface area contributed by atoms with E-state index in [0.717, 1.165) is 25.7 Å². The van der Waals surface area contributed by atoms with Crippen LogP contribution in [-0.4, -0.2) is 25.2 Å². The van der Waals surface area contributed by atoms with Crippen LogP contribution in [0.25, 0.3) is 0 Å². The van der Waals surface area contributed by atoms with Crippen molar-refractivity contribution >= 4 is 11.9 Å². The number of hydrogen-bond acceptors (Lipinski definition) is 4. The number of allylic oxidation sites excluding steroid dienone is 3. The average Bonchev–Trinajstić information content (AvgIpc) is 3.00. The topological polar surface area (TPSA) is 52.6 Å². The molecule has 4 atom stereocenters. The second kappa shape index (κ2) is 11.1. The van der Waals surface area contributed by atoms with Gasteiger partial charge in [0.1, 0.15) is 13.2 Å². The normalized spacial score (nSPS) is 24.4. The van der Waals surface area contributed by atoms with Gasteiger partial charge in [-0.15, -0.1) is 6.58 Å². The number of ether oxygens (including phenoxy) is 2. The Hall–Kier alpha value is -1.58. The van der Waals surface area contributed by atoms with E-state index in [9.17, 15) is 9.59 Å². The van der Waals surface area contributed by atoms with Crippen molar-refractivity contribution in [2.24, 2.45) is 29.6 Å². The molecule has 0 spiro atoms. The van der Waals surface area contributed by atoms with E-state index in [-0.39, 0.29) is 42.9 Å². The Kier molecular flexibility index (Phi) is 9.54. The van der Waals surface area contributed by atoms with Crippen molar-refractivity contribution in [3.05, 3.63) is 24.8 Å². The van der Waals surface area contributed by atoms with Crippen LogP contribution in [0.1, 0.15) is 53.4 Å². The number of carbonyl (C=O) groups excluding carboxylic acids is 2. The molecule has 1 aliphatic rings. The standard InChI is InChI=1S/C21H34O4/c1-6-16(5)20(22)24-11-12-25-21(23)19-14-17(13-18(19)7-2)10-8-9-15(3)4/h7-8,10,15-19H,2,6,9,11-14H2,1,3-5H3/b10-8+. The Morgan fingerprint density at radius 1 is 1.16 bits per heavy atom. The van der Waals surface area contributed by atoms with Crippen molar-refractivity contribution in [3.8, 4) is 0 Å². The van der Waals surface area contributed by atoms with E-state index < -0.39 is 0 Å². The number of esters is 2. The summed E-state index contributed by atoms with van der Waals surface area (Å²) in [4.78, 5) is 23.9. The van der Waals surface area contributed by atoms with Gasteiger partial charge in [-0.1, -0.05) is 45.9 Å². The lowest BCUT2D eigenvalue weighted by atomic mass is 9.97. The van der Waals surface area contributed by atoms with E-state index in [1.165, 1.54) is 0 Å². The third kappa shape index (κ3) is 7.45. The molecule has 142 valence electrons. The highest BCUT2D eigenvalue weighted by molar-refractivity contribution is 5.74. The average molecular weight is 350 g/mol. The molecule has 4 nitrogen and oxygen atoms in total. The van der Waals surface area contributed by atoms with Gasteiger partial charge in [0.2, 0.25) is 0 Å². The van der Waals surface area contributed by atoms with Gasteiger partial charge in [0.25, 0.3) is 0 Å². The second-order valence-electron chi connectivity index (χ2n) is 7.44. The van der Waals surface area contributed by atoms with Crippen molar-refractivity contribution < 1.29 is 19.1 Å². The lowest BCUT2D eigenvalue weighted by Gasteiger charge is -2.15. The minimum Gasteiger partial charge on any atom is -0.462 e. The molecular weight excluding hydrogens is 316 g/mol. The Morgan fingerprint density at radius 2 is 1.84 bits per heavy atom. The third-order valence-electron chi connectivity index (χ3n) is 4.86. The molecule has 0 aromatic heterocycles. The molecule has 0 amide bonds. The predicted molar refractivity (Wildman–Crippen MR) is 99.9 cm³/mol. The zero-order valence-electron chi connectivity index (χ0n) is 16.2. The summed E-state index contributed by atoms with van der Waals surface area (Å²) in [5.41, 5.74) is 0. The van der Waals surface area contributed by atoms with Crippen LogP contribution in [0.2, 0.25) is 0 Å². The summed E-state index contributed by atoms with van der Waals surface area (Å²) in [6, 6.07) is 0. The van der Waals surface area contributed by atoms with Gasteiger partial charge in [0.15, 0.2) is 0 Å². The molecule has 4 unspecified atom stereocenters. The Balaban J connectivity index is 2.39. The van der Waals surface area contributed by atoms with Crippen molar-refractivity contribution in [3.63, 3.8) is 0 Å². The number of hydrogen-bond donors (Lipinski definition) is 0. The molecule has 0 N–H and O–H groups in total. The van der Waals surface area contributed by atoms with Crippen LogP contribution < -0.4 is 0 Å². The zero-order chi connectivity index (χ0) is 18.8. The Morgan fingerprint density at radius 3 is 2.44 bits per heavy atom. The molecule has 0 heterocycles. The van der Waals surface area contributed by atoms with Gasteiger partial charge in [-0.25, -0.2) is 0 Å². The minimum atomic E-state index is -0.237. The summed E-state index contributed by atoms with van der Waals surface area (Å²) in [6.45, 7) is 12.3. The molecule has 1 fully saturated rings. The fourth-order valence-electron chi connectivity index (χ4n) is 3.04. The maximum Gasteiger partial charge on any atom is 0.309 e. The largest absolute Gasteiger partial charge is 0.462 e. The number of rotatable bonds is 10. The van der Waals surface area contributed by atoms with Crippen LogP contribution in [0.15, 0.2) is 24.8 Å². The predicted octanol–water partition coefficient (Wildman–Crippen LogP) is 4.55. The maximum absolute atomic E-state index is 12.3. The van der Waals surface area contributed by atoms with E-state index in [1.807, 2.05) is 19.9 Å². The summed E-state index contributed by atoms with van der Waals surface area (Å²) >= 11 is 0. The molecule has 0 radical (unpaired) electrons. The van der Waals surface area contributed by atoms with Crippen molar-refractivity contribution in [2.45, 2.75) is 53.4 Å². The van der Waals surface area contributed by atoms with Gasteiger partial charge in [0.05, 0.1) is 11.8 Å². The molecule has 1 saturated carbocycles. The third-order valence-corrected chi connectivity index (χ3v) is 4.86. The van der Waals surface area contributed by atoms with Crippen LogP contribution >= 0.6 is 0 Å². The van der Waals surface area contributed by atoms with Crippen LogP contribution in [-0.2, 0) is 19.1 Å². The van der Waals surface area contributed by atoms with Crippen LogP contribution in [0, 0.1) is 29.6 Å². The van der Waals surface area contributed by atoms with E-state index in [0.29, 0.717) is 11.8 Å². The summed E-state index contributed by atoms with van der Waals surface area (Å²) in [7, 11) is 0. The molecule has 1 aliphatic carbocycles. The first-order valence-electron chi connectivity index (χ1n) is 9.51. The first-order valence-corrected chi connectivity index (χ1v) is 9.51. The monoisotopic (exact) mass is 350 g/mol. The van der Waals surface area contributed by atoms with Crippen LogP contribution in [0.5, 0.6) is 0 Å². The van der Waals surface area contributed by atoms with Gasteiger partial charge in [-0.05, 0) is 43.4 Å². The molecule has 1 rings (SSSR count). The first-order chi connectivity index (χ1) is 11.9. The van der Waals surface area contributed by atoms with Gasteiger partial charge in [-0.3, -0.25) is 9.59 Å². The van der Waals surface area contributed by atoms with Crippen LogP contribution in [0.3, 0.4) is 0 Å². The molecule has 25 heavy (non-hydrogen) atoms.